The number of nitrogens with two attached hydrogens (primary N) is 1. The molecule has 0 aliphatic rings. The van der Waals surface area contributed by atoms with Crippen LogP contribution in [0.2, 0.25) is 0 Å². The highest BCUT2D eigenvalue weighted by atomic mass is 32.1. The lowest BCUT2D eigenvalue weighted by Crippen LogP contribution is -2.18. The van der Waals surface area contributed by atoms with Crippen LogP contribution < -0.4 is 5.73 Å². The normalized spacial score (nSPS) is 12.8. The number of thiophene rings is 1. The van der Waals surface area contributed by atoms with Crippen LogP contribution in [0.3, 0.4) is 0 Å². The minimum Gasteiger partial charge on any atom is -0.320 e. The predicted octanol–water partition coefficient (Wildman–Crippen LogP) is 3.49. The van der Waals surface area contributed by atoms with E-state index in [4.69, 9.17) is 5.73 Å². The zero-order chi connectivity index (χ0) is 13.4. The maximum absolute atomic E-state index is 13.4. The van der Waals surface area contributed by atoms with Crippen molar-refractivity contribution in [2.24, 2.45) is 5.73 Å². The molecular weight excluding hydrogens is 273 g/mol. The SMILES string of the molecule is N[C@@H](c1ccsc1)c1c(F)c(F)c(F)c(F)c1F. The monoisotopic (exact) mass is 279 g/mol. The molecule has 0 amide bonds. The second-order valence-electron chi connectivity index (χ2n) is 3.52. The molecule has 0 fully saturated rings. The van der Waals surface area contributed by atoms with Gasteiger partial charge in [-0.2, -0.15) is 11.3 Å². The lowest BCUT2D eigenvalue weighted by Gasteiger charge is -2.14. The van der Waals surface area contributed by atoms with Crippen molar-refractivity contribution in [1.82, 2.24) is 0 Å². The van der Waals surface area contributed by atoms with E-state index in [0.717, 1.165) is 0 Å². The van der Waals surface area contributed by atoms with Gasteiger partial charge in [-0.25, -0.2) is 22.0 Å². The average Bonchev–Trinajstić information content (AvgIpc) is 2.88. The van der Waals surface area contributed by atoms with E-state index in [0.29, 0.717) is 0 Å². The van der Waals surface area contributed by atoms with Crippen LogP contribution in [-0.2, 0) is 0 Å². The molecule has 18 heavy (non-hydrogen) atoms. The minimum absolute atomic E-state index is 0.281. The average molecular weight is 279 g/mol. The van der Waals surface area contributed by atoms with Crippen molar-refractivity contribution in [3.05, 3.63) is 57.0 Å². The second-order valence-corrected chi connectivity index (χ2v) is 4.30. The van der Waals surface area contributed by atoms with Crippen LogP contribution >= 0.6 is 11.3 Å². The van der Waals surface area contributed by atoms with E-state index in [1.165, 1.54) is 22.8 Å². The van der Waals surface area contributed by atoms with E-state index in [1.807, 2.05) is 0 Å². The Balaban J connectivity index is 2.65. The standard InChI is InChI=1S/C11H6F5NS/c12-6-5(11(17)4-1-2-18-3-4)7(13)9(15)10(16)8(6)14/h1-3,11H,17H2/t11-/m0/s1. The van der Waals surface area contributed by atoms with Crippen molar-refractivity contribution in [3.8, 4) is 0 Å². The maximum atomic E-state index is 13.4. The third-order valence-electron chi connectivity index (χ3n) is 2.46. The van der Waals surface area contributed by atoms with Gasteiger partial charge in [-0.15, -0.1) is 0 Å². The van der Waals surface area contributed by atoms with Gasteiger partial charge in [0.1, 0.15) is 0 Å². The third-order valence-corrected chi connectivity index (χ3v) is 3.16. The van der Waals surface area contributed by atoms with Crippen LogP contribution in [0.5, 0.6) is 0 Å². The van der Waals surface area contributed by atoms with E-state index in [-0.39, 0.29) is 5.56 Å². The largest absolute Gasteiger partial charge is 0.320 e. The van der Waals surface area contributed by atoms with Gasteiger partial charge < -0.3 is 5.73 Å². The molecule has 7 heteroatoms. The predicted molar refractivity (Wildman–Crippen MR) is 56.6 cm³/mol. The van der Waals surface area contributed by atoms with Gasteiger partial charge in [0.2, 0.25) is 5.82 Å². The molecule has 96 valence electrons. The summed E-state index contributed by atoms with van der Waals surface area (Å²) in [6.07, 6.45) is 0. The van der Waals surface area contributed by atoms with Crippen molar-refractivity contribution in [1.29, 1.82) is 0 Å². The molecule has 1 heterocycles. The van der Waals surface area contributed by atoms with Crippen molar-refractivity contribution >= 4 is 11.3 Å². The van der Waals surface area contributed by atoms with E-state index in [9.17, 15) is 22.0 Å². The summed E-state index contributed by atoms with van der Waals surface area (Å²) in [7, 11) is 0. The number of hydrogen-bond acceptors (Lipinski definition) is 2. The molecule has 2 rings (SSSR count). The third kappa shape index (κ3) is 1.89. The molecule has 0 spiro atoms. The number of benzene rings is 1. The summed E-state index contributed by atoms with van der Waals surface area (Å²) in [5.74, 6) is -9.97. The Hall–Kier alpha value is -1.47. The lowest BCUT2D eigenvalue weighted by molar-refractivity contribution is 0.367. The van der Waals surface area contributed by atoms with Gasteiger partial charge in [-0.05, 0) is 22.4 Å². The fourth-order valence-electron chi connectivity index (χ4n) is 1.51. The zero-order valence-electron chi connectivity index (χ0n) is 8.68. The molecule has 1 aromatic carbocycles. The van der Waals surface area contributed by atoms with Crippen molar-refractivity contribution in [2.45, 2.75) is 6.04 Å². The highest BCUT2D eigenvalue weighted by molar-refractivity contribution is 7.08. The first-order valence-electron chi connectivity index (χ1n) is 4.74. The van der Waals surface area contributed by atoms with Crippen molar-refractivity contribution < 1.29 is 22.0 Å². The molecule has 0 unspecified atom stereocenters. The lowest BCUT2D eigenvalue weighted by atomic mass is 10.0. The van der Waals surface area contributed by atoms with Crippen LogP contribution in [0, 0.1) is 29.1 Å². The molecule has 0 saturated carbocycles. The van der Waals surface area contributed by atoms with Gasteiger partial charge in [0.15, 0.2) is 23.3 Å². The van der Waals surface area contributed by atoms with Crippen molar-refractivity contribution in [3.63, 3.8) is 0 Å². The maximum Gasteiger partial charge on any atom is 0.200 e. The molecular formula is C11H6F5NS. The fraction of sp³-hybridized carbons (Fsp3) is 0.0909. The van der Waals surface area contributed by atoms with Crippen LogP contribution in [-0.4, -0.2) is 0 Å². The summed E-state index contributed by atoms with van der Waals surface area (Å²) >= 11 is 1.20. The van der Waals surface area contributed by atoms with Gasteiger partial charge in [-0.3, -0.25) is 0 Å². The van der Waals surface area contributed by atoms with Gasteiger partial charge in [0.05, 0.1) is 11.6 Å². The Bertz CT molecular complexity index is 553. The Morgan fingerprint density at radius 1 is 0.889 bits per heavy atom. The molecule has 2 aromatic rings. The van der Waals surface area contributed by atoms with E-state index in [2.05, 4.69) is 0 Å². The summed E-state index contributed by atoms with van der Waals surface area (Å²) in [5.41, 5.74) is 4.78. The van der Waals surface area contributed by atoms with Crippen molar-refractivity contribution in [2.75, 3.05) is 0 Å². The molecule has 1 aromatic heterocycles. The molecule has 0 aliphatic heterocycles. The number of rotatable bonds is 2. The van der Waals surface area contributed by atoms with Crippen LogP contribution in [0.15, 0.2) is 16.8 Å². The summed E-state index contributed by atoms with van der Waals surface area (Å²) in [5, 5.41) is 3.06. The van der Waals surface area contributed by atoms with Crippen LogP contribution in [0.1, 0.15) is 17.2 Å². The molecule has 0 aliphatic carbocycles. The van der Waals surface area contributed by atoms with Crippen LogP contribution in [0.4, 0.5) is 22.0 Å². The summed E-state index contributed by atoms with van der Waals surface area (Å²) < 4.78 is 65.7. The molecule has 1 atom stereocenters. The van der Waals surface area contributed by atoms with E-state index >= 15 is 0 Å². The summed E-state index contributed by atoms with van der Waals surface area (Å²) in [4.78, 5) is 0. The second kappa shape index (κ2) is 4.66. The van der Waals surface area contributed by atoms with Gasteiger partial charge in [-0.1, -0.05) is 0 Å². The zero-order valence-corrected chi connectivity index (χ0v) is 9.50. The molecule has 0 saturated heterocycles. The molecule has 1 nitrogen and oxygen atoms in total. The highest BCUT2D eigenvalue weighted by Crippen LogP contribution is 2.30. The first-order valence-corrected chi connectivity index (χ1v) is 5.68. The Labute approximate surface area is 103 Å². The highest BCUT2D eigenvalue weighted by Gasteiger charge is 2.29. The fourth-order valence-corrected chi connectivity index (χ4v) is 2.21. The molecule has 0 bridgehead atoms. The molecule has 2 N–H and O–H groups in total. The van der Waals surface area contributed by atoms with Crippen LogP contribution in [0.25, 0.3) is 0 Å². The Kier molecular flexibility index (Phi) is 3.36. The first kappa shape index (κ1) is 13.0. The quantitative estimate of drug-likeness (QED) is 0.508. The first-order chi connectivity index (χ1) is 8.45. The summed E-state index contributed by atoms with van der Waals surface area (Å²) in [6.45, 7) is 0. The summed E-state index contributed by atoms with van der Waals surface area (Å²) in [6, 6.07) is 0.0498. The van der Waals surface area contributed by atoms with Gasteiger partial charge >= 0.3 is 0 Å². The van der Waals surface area contributed by atoms with E-state index in [1.54, 1.807) is 5.38 Å². The Morgan fingerprint density at radius 2 is 1.39 bits per heavy atom. The smallest absolute Gasteiger partial charge is 0.200 e. The Morgan fingerprint density at radius 3 is 1.83 bits per heavy atom. The van der Waals surface area contributed by atoms with Gasteiger partial charge in [0, 0.05) is 0 Å². The van der Waals surface area contributed by atoms with E-state index < -0.39 is 40.7 Å². The topological polar surface area (TPSA) is 26.0 Å². The molecule has 0 radical (unpaired) electrons. The minimum atomic E-state index is -2.19. The number of hydrogen-bond donors (Lipinski definition) is 1. The number of halogens is 5. The van der Waals surface area contributed by atoms with Gasteiger partial charge in [0.25, 0.3) is 0 Å².